The molecule has 0 aliphatic carbocycles. The second-order valence-corrected chi connectivity index (χ2v) is 7.62. The van der Waals surface area contributed by atoms with Crippen LogP contribution in [0.2, 0.25) is 0 Å². The lowest BCUT2D eigenvalue weighted by atomic mass is 9.95. The number of carbonyl (C=O) groups is 2. The van der Waals surface area contributed by atoms with Crippen molar-refractivity contribution in [3.05, 3.63) is 34.2 Å². The van der Waals surface area contributed by atoms with E-state index in [0.717, 1.165) is 30.4 Å². The van der Waals surface area contributed by atoms with Crippen molar-refractivity contribution in [2.45, 2.75) is 27.2 Å². The molecule has 3 rings (SSSR count). The number of hydrogen-bond donors (Lipinski definition) is 1. The van der Waals surface area contributed by atoms with Gasteiger partial charge in [-0.2, -0.15) is 0 Å². The molecule has 122 valence electrons. The molecule has 2 aliphatic heterocycles. The Hall–Kier alpha value is -1.75. The molecule has 1 atom stereocenters. The molecule has 2 aliphatic rings. The summed E-state index contributed by atoms with van der Waals surface area (Å²) in [6.45, 7) is 8.76. The van der Waals surface area contributed by atoms with Crippen molar-refractivity contribution in [2.24, 2.45) is 11.8 Å². The third-order valence-electron chi connectivity index (χ3n) is 4.68. The van der Waals surface area contributed by atoms with E-state index in [1.807, 2.05) is 18.2 Å². The Kier molecular flexibility index (Phi) is 4.48. The van der Waals surface area contributed by atoms with Crippen molar-refractivity contribution in [2.75, 3.05) is 18.0 Å². The molecular weight excluding hydrogens is 308 g/mol. The fraction of sp³-hybridized carbons (Fsp3) is 0.444. The number of imide groups is 1. The van der Waals surface area contributed by atoms with E-state index in [1.165, 1.54) is 17.7 Å². The number of nitrogens with one attached hydrogen (secondary N) is 1. The summed E-state index contributed by atoms with van der Waals surface area (Å²) in [4.78, 5) is 26.1. The van der Waals surface area contributed by atoms with Crippen LogP contribution >= 0.6 is 11.8 Å². The molecular formula is C18H22N2O2S. The maximum atomic E-state index is 11.8. The van der Waals surface area contributed by atoms with Crippen LogP contribution in [0, 0.1) is 18.8 Å². The van der Waals surface area contributed by atoms with Gasteiger partial charge in [0.2, 0.25) is 0 Å². The predicted octanol–water partition coefficient (Wildman–Crippen LogP) is 3.80. The zero-order chi connectivity index (χ0) is 16.6. The van der Waals surface area contributed by atoms with Gasteiger partial charge in [-0.3, -0.25) is 14.9 Å². The summed E-state index contributed by atoms with van der Waals surface area (Å²) in [5, 5.41) is 2.02. The van der Waals surface area contributed by atoms with Gasteiger partial charge in [-0.1, -0.05) is 32.0 Å². The highest BCUT2D eigenvalue weighted by atomic mass is 32.2. The van der Waals surface area contributed by atoms with Gasteiger partial charge >= 0.3 is 0 Å². The summed E-state index contributed by atoms with van der Waals surface area (Å²) in [5.74, 6) is 1.09. The molecule has 23 heavy (non-hydrogen) atoms. The minimum absolute atomic E-state index is 0.295. The first-order valence-electron chi connectivity index (χ1n) is 8.05. The molecule has 0 bridgehead atoms. The standard InChI is InChI=1S/C18H22N2O2S/c1-11(2)14-7-8-20(10-14)16-12(3)5-4-6-13(16)9-15-17(21)19-18(22)23-15/h4-6,9,11,14H,7-8,10H2,1-3H3,(H,19,21,22). The average Bonchev–Trinajstić information content (AvgIpc) is 3.07. The Morgan fingerprint density at radius 3 is 2.74 bits per heavy atom. The van der Waals surface area contributed by atoms with Crippen molar-refractivity contribution < 1.29 is 9.59 Å². The number of amides is 2. The Morgan fingerprint density at radius 1 is 1.35 bits per heavy atom. The highest BCUT2D eigenvalue weighted by Crippen LogP contribution is 2.35. The Bertz CT molecular complexity index is 682. The number of benzene rings is 1. The number of rotatable bonds is 3. The van der Waals surface area contributed by atoms with Crippen LogP contribution in [0.5, 0.6) is 0 Å². The zero-order valence-electron chi connectivity index (χ0n) is 13.8. The lowest BCUT2D eigenvalue weighted by Crippen LogP contribution is -2.23. The minimum Gasteiger partial charge on any atom is -0.371 e. The van der Waals surface area contributed by atoms with Crippen LogP contribution in [0.4, 0.5) is 10.5 Å². The quantitative estimate of drug-likeness (QED) is 0.857. The molecule has 5 heteroatoms. The van der Waals surface area contributed by atoms with Crippen LogP contribution in [0.1, 0.15) is 31.4 Å². The van der Waals surface area contributed by atoms with Gasteiger partial charge in [0, 0.05) is 18.8 Å². The fourth-order valence-corrected chi connectivity index (χ4v) is 4.00. The molecule has 0 aromatic heterocycles. The monoisotopic (exact) mass is 330 g/mol. The number of thioether (sulfide) groups is 1. The molecule has 0 spiro atoms. The predicted molar refractivity (Wildman–Crippen MR) is 95.4 cm³/mol. The topological polar surface area (TPSA) is 49.4 Å². The first-order valence-corrected chi connectivity index (χ1v) is 8.86. The first-order chi connectivity index (χ1) is 11.0. The van der Waals surface area contributed by atoms with Crippen molar-refractivity contribution in [1.82, 2.24) is 5.32 Å². The van der Waals surface area contributed by atoms with Gasteiger partial charge in [0.1, 0.15) is 0 Å². The van der Waals surface area contributed by atoms with Gasteiger partial charge in [-0.25, -0.2) is 0 Å². The minimum atomic E-state index is -0.297. The lowest BCUT2D eigenvalue weighted by molar-refractivity contribution is -0.115. The number of carbonyl (C=O) groups excluding carboxylic acids is 2. The highest BCUT2D eigenvalue weighted by molar-refractivity contribution is 8.18. The van der Waals surface area contributed by atoms with Crippen LogP contribution in [0.25, 0.3) is 6.08 Å². The molecule has 2 heterocycles. The van der Waals surface area contributed by atoms with Crippen LogP contribution in [0.3, 0.4) is 0 Å². The van der Waals surface area contributed by atoms with Crippen LogP contribution in [-0.2, 0) is 4.79 Å². The second kappa shape index (κ2) is 6.40. The molecule has 1 N–H and O–H groups in total. The molecule has 1 unspecified atom stereocenters. The summed E-state index contributed by atoms with van der Waals surface area (Å²) < 4.78 is 0. The molecule has 2 saturated heterocycles. The molecule has 2 amide bonds. The van der Waals surface area contributed by atoms with Gasteiger partial charge in [-0.05, 0) is 54.1 Å². The van der Waals surface area contributed by atoms with E-state index in [2.05, 4.69) is 37.1 Å². The van der Waals surface area contributed by atoms with Crippen molar-refractivity contribution in [3.63, 3.8) is 0 Å². The second-order valence-electron chi connectivity index (χ2n) is 6.60. The third-order valence-corrected chi connectivity index (χ3v) is 5.49. The van der Waals surface area contributed by atoms with E-state index in [0.29, 0.717) is 16.7 Å². The summed E-state index contributed by atoms with van der Waals surface area (Å²) in [5.41, 5.74) is 3.41. The van der Waals surface area contributed by atoms with Crippen molar-refractivity contribution in [3.8, 4) is 0 Å². The van der Waals surface area contributed by atoms with E-state index in [4.69, 9.17) is 0 Å². The molecule has 2 fully saturated rings. The normalized spacial score (nSPS) is 23.2. The van der Waals surface area contributed by atoms with Gasteiger partial charge in [0.05, 0.1) is 4.91 Å². The highest BCUT2D eigenvalue weighted by Gasteiger charge is 2.28. The third kappa shape index (κ3) is 3.29. The Balaban J connectivity index is 1.94. The van der Waals surface area contributed by atoms with Gasteiger partial charge in [0.25, 0.3) is 11.1 Å². The molecule has 1 aromatic rings. The largest absolute Gasteiger partial charge is 0.371 e. The molecule has 0 saturated carbocycles. The number of hydrogen-bond acceptors (Lipinski definition) is 4. The van der Waals surface area contributed by atoms with E-state index >= 15 is 0 Å². The van der Waals surface area contributed by atoms with Gasteiger partial charge < -0.3 is 4.90 Å². The fourth-order valence-electron chi connectivity index (χ4n) is 3.33. The molecule has 0 radical (unpaired) electrons. The molecule has 1 aromatic carbocycles. The van der Waals surface area contributed by atoms with Crippen LogP contribution in [-0.4, -0.2) is 24.2 Å². The average molecular weight is 330 g/mol. The number of nitrogens with zero attached hydrogens (tertiary/aromatic N) is 1. The van der Waals surface area contributed by atoms with E-state index < -0.39 is 0 Å². The number of anilines is 1. The first kappa shape index (κ1) is 16.1. The Labute approximate surface area is 141 Å². The Morgan fingerprint density at radius 2 is 2.13 bits per heavy atom. The summed E-state index contributed by atoms with van der Waals surface area (Å²) in [7, 11) is 0. The summed E-state index contributed by atoms with van der Waals surface area (Å²) in [6, 6.07) is 6.13. The van der Waals surface area contributed by atoms with Crippen LogP contribution < -0.4 is 10.2 Å². The SMILES string of the molecule is Cc1cccc(C=C2SC(=O)NC2=O)c1N1CCC(C(C)C)C1. The number of para-hydroxylation sites is 1. The van der Waals surface area contributed by atoms with Gasteiger partial charge in [0.15, 0.2) is 0 Å². The maximum absolute atomic E-state index is 11.8. The van der Waals surface area contributed by atoms with E-state index in [-0.39, 0.29) is 11.1 Å². The van der Waals surface area contributed by atoms with E-state index in [9.17, 15) is 9.59 Å². The smallest absolute Gasteiger partial charge is 0.290 e. The lowest BCUT2D eigenvalue weighted by Gasteiger charge is -2.24. The number of aryl methyl sites for hydroxylation is 1. The summed E-state index contributed by atoms with van der Waals surface area (Å²) >= 11 is 0.974. The van der Waals surface area contributed by atoms with Crippen molar-refractivity contribution >= 4 is 34.7 Å². The van der Waals surface area contributed by atoms with Crippen molar-refractivity contribution in [1.29, 1.82) is 0 Å². The van der Waals surface area contributed by atoms with Gasteiger partial charge in [-0.15, -0.1) is 0 Å². The zero-order valence-corrected chi connectivity index (χ0v) is 14.6. The van der Waals surface area contributed by atoms with E-state index in [1.54, 1.807) is 0 Å². The summed E-state index contributed by atoms with van der Waals surface area (Å²) in [6.07, 6.45) is 3.05. The van der Waals surface area contributed by atoms with Crippen LogP contribution in [0.15, 0.2) is 23.1 Å². The molecule has 4 nitrogen and oxygen atoms in total. The maximum Gasteiger partial charge on any atom is 0.290 e.